The van der Waals surface area contributed by atoms with Crippen molar-refractivity contribution in [3.8, 4) is 0 Å². The van der Waals surface area contributed by atoms with Crippen LogP contribution < -0.4 is 16.8 Å². The Morgan fingerprint density at radius 2 is 2.25 bits per heavy atom. The summed E-state index contributed by atoms with van der Waals surface area (Å²) in [5.74, 6) is -0.874. The van der Waals surface area contributed by atoms with Crippen LogP contribution in [0, 0.1) is 0 Å². The van der Waals surface area contributed by atoms with Gasteiger partial charge in [0.1, 0.15) is 36.1 Å². The van der Waals surface area contributed by atoms with Gasteiger partial charge in [-0.3, -0.25) is 19.5 Å². The maximum atomic E-state index is 13.2. The summed E-state index contributed by atoms with van der Waals surface area (Å²) in [6.45, 7) is 0.736. The molecule has 2 aliphatic rings. The minimum absolute atomic E-state index is 0.0429. The predicted octanol–water partition coefficient (Wildman–Crippen LogP) is 1.88. The van der Waals surface area contributed by atoms with Crippen LogP contribution in [0.15, 0.2) is 44.5 Å². The Morgan fingerprint density at radius 3 is 2.92 bits per heavy atom. The van der Waals surface area contributed by atoms with Crippen LogP contribution in [-0.2, 0) is 25.0 Å². The Bertz CT molecular complexity index is 1340. The van der Waals surface area contributed by atoms with Crippen LogP contribution in [0.2, 0.25) is 0 Å². The van der Waals surface area contributed by atoms with E-state index in [0.717, 1.165) is 27.5 Å². The van der Waals surface area contributed by atoms with E-state index in [0.29, 0.717) is 16.4 Å². The van der Waals surface area contributed by atoms with Crippen molar-refractivity contribution in [2.24, 2.45) is 10.9 Å². The van der Waals surface area contributed by atoms with Crippen molar-refractivity contribution < 1.29 is 28.7 Å². The number of aliphatic carboxylic acids is 1. The molecule has 2 aromatic heterocycles. The first-order valence-electron chi connectivity index (χ1n) is 11.8. The van der Waals surface area contributed by atoms with Gasteiger partial charge in [0.05, 0.1) is 0 Å². The number of carboxylic acids is 1. The second-order valence-electron chi connectivity index (χ2n) is 8.55. The molecule has 0 aliphatic carbocycles. The lowest BCUT2D eigenvalue weighted by molar-refractivity contribution is -0.150. The van der Waals surface area contributed by atoms with E-state index in [-0.39, 0.29) is 34.9 Å². The molecule has 6 N–H and O–H groups in total. The zero-order valence-electron chi connectivity index (χ0n) is 21.1. The molecule has 17 heteroatoms. The number of nitrogen functional groups attached to an aromatic ring is 1. The zero-order chi connectivity index (χ0) is 28.8. The molecule has 2 amide bonds. The molecule has 0 spiro atoms. The quantitative estimate of drug-likeness (QED) is 0.110. The average Bonchev–Trinajstić information content (AvgIpc) is 3.35. The standard InChI is InChI=1S/C23H26FN7O5S4/c1-11(25)7-37-8-12-6-27-4-2-14(12)40-15-10-38-21-17(20(33)31(21)18(15)22(34)35)29-19(32)16(30-36-5-3-24)13-9-39-23(26)28-13/h2,4,6,9,11,17,21H,3,5,7-8,10,25H2,1H3,(H2,26,28)(H,29,32)(H,34,35)/b30-16-/t11?,17-,21-/m1/s1. The number of fused-ring (bicyclic) bond motifs is 1. The normalized spacial score (nSPS) is 19.6. The highest BCUT2D eigenvalue weighted by molar-refractivity contribution is 8.06. The lowest BCUT2D eigenvalue weighted by atomic mass is 10.0. The van der Waals surface area contributed by atoms with Crippen molar-refractivity contribution in [1.29, 1.82) is 0 Å². The number of thiazole rings is 1. The Morgan fingerprint density at radius 1 is 1.45 bits per heavy atom. The number of carbonyl (C=O) groups excluding carboxylic acids is 2. The van der Waals surface area contributed by atoms with Gasteiger partial charge in [-0.25, -0.2) is 14.2 Å². The van der Waals surface area contributed by atoms with Gasteiger partial charge in [0.2, 0.25) is 0 Å². The predicted molar refractivity (Wildman–Crippen MR) is 155 cm³/mol. The van der Waals surface area contributed by atoms with E-state index >= 15 is 0 Å². The van der Waals surface area contributed by atoms with E-state index in [2.05, 4.69) is 20.4 Å². The topological polar surface area (TPSA) is 186 Å². The van der Waals surface area contributed by atoms with Gasteiger partial charge in [0, 0.05) is 50.9 Å². The molecule has 0 aromatic carbocycles. The van der Waals surface area contributed by atoms with E-state index in [1.54, 1.807) is 24.2 Å². The van der Waals surface area contributed by atoms with Crippen LogP contribution in [0.25, 0.3) is 0 Å². The summed E-state index contributed by atoms with van der Waals surface area (Å²) in [5, 5.41) is 17.3. The number of carboxylic acid groups (broad SMARTS) is 1. The van der Waals surface area contributed by atoms with E-state index in [9.17, 15) is 23.9 Å². The molecule has 1 unspecified atom stereocenters. The lowest BCUT2D eigenvalue weighted by Gasteiger charge is -2.49. The van der Waals surface area contributed by atoms with Crippen LogP contribution in [0.4, 0.5) is 9.52 Å². The number of thioether (sulfide) groups is 3. The van der Waals surface area contributed by atoms with Crippen molar-refractivity contribution >= 4 is 75.2 Å². The van der Waals surface area contributed by atoms with Crippen LogP contribution in [0.3, 0.4) is 0 Å². The molecule has 0 bridgehead atoms. The maximum Gasteiger partial charge on any atom is 0.353 e. The summed E-state index contributed by atoms with van der Waals surface area (Å²) in [6.07, 6.45) is 3.37. The van der Waals surface area contributed by atoms with E-state index in [1.165, 1.54) is 33.8 Å². The molecule has 0 radical (unpaired) electrons. The zero-order valence-corrected chi connectivity index (χ0v) is 24.4. The number of nitrogens with zero attached hydrogens (tertiary/aromatic N) is 4. The molecule has 1 saturated heterocycles. The number of alkyl halides is 1. The summed E-state index contributed by atoms with van der Waals surface area (Å²) >= 11 is 5.34. The number of amides is 2. The van der Waals surface area contributed by atoms with Crippen LogP contribution in [-0.4, -0.2) is 85.7 Å². The number of carbonyl (C=O) groups is 3. The Balaban J connectivity index is 1.51. The lowest BCUT2D eigenvalue weighted by Crippen LogP contribution is -2.71. The van der Waals surface area contributed by atoms with E-state index in [1.807, 2.05) is 13.0 Å². The van der Waals surface area contributed by atoms with Crippen molar-refractivity contribution in [3.63, 3.8) is 0 Å². The number of halogens is 1. The minimum Gasteiger partial charge on any atom is -0.477 e. The number of hydrogen-bond acceptors (Lipinski definition) is 13. The summed E-state index contributed by atoms with van der Waals surface area (Å²) in [5.41, 5.74) is 12.2. The Labute approximate surface area is 245 Å². The van der Waals surface area contributed by atoms with E-state index < -0.39 is 35.9 Å². The number of β-lactam (4-membered cyclic amide) rings is 1. The summed E-state index contributed by atoms with van der Waals surface area (Å²) < 4.78 is 12.5. The summed E-state index contributed by atoms with van der Waals surface area (Å²) in [4.78, 5) is 54.1. The van der Waals surface area contributed by atoms with Crippen LogP contribution >= 0.6 is 46.6 Å². The molecule has 3 atom stereocenters. The van der Waals surface area contributed by atoms with Crippen molar-refractivity contribution in [2.45, 2.75) is 35.0 Å². The number of hydrogen-bond donors (Lipinski definition) is 4. The van der Waals surface area contributed by atoms with Crippen LogP contribution in [0.5, 0.6) is 0 Å². The number of rotatable bonds is 13. The van der Waals surface area contributed by atoms with E-state index in [4.69, 9.17) is 16.3 Å². The van der Waals surface area contributed by atoms with Crippen LogP contribution in [0.1, 0.15) is 18.2 Å². The largest absolute Gasteiger partial charge is 0.477 e. The molecule has 4 heterocycles. The summed E-state index contributed by atoms with van der Waals surface area (Å²) in [6, 6.07) is 0.849. The fraction of sp³-hybridized carbons (Fsp3) is 0.391. The third kappa shape index (κ3) is 6.88. The number of nitrogens with two attached hydrogens (primary N) is 2. The molecule has 1 fully saturated rings. The van der Waals surface area contributed by atoms with Gasteiger partial charge >= 0.3 is 5.97 Å². The van der Waals surface area contributed by atoms with Crippen molar-refractivity contribution in [2.75, 3.05) is 30.5 Å². The first-order valence-corrected chi connectivity index (χ1v) is 15.7. The third-order valence-corrected chi connectivity index (χ3v) is 10.1. The fourth-order valence-corrected chi connectivity index (χ4v) is 7.88. The van der Waals surface area contributed by atoms with Crippen molar-refractivity contribution in [1.82, 2.24) is 20.2 Å². The molecule has 12 nitrogen and oxygen atoms in total. The van der Waals surface area contributed by atoms with Gasteiger partial charge in [-0.05, 0) is 18.6 Å². The van der Waals surface area contributed by atoms with Gasteiger partial charge in [-0.2, -0.15) is 11.8 Å². The molecule has 214 valence electrons. The van der Waals surface area contributed by atoms with Gasteiger partial charge in [0.25, 0.3) is 11.8 Å². The number of anilines is 1. The third-order valence-electron chi connectivity index (χ3n) is 5.46. The number of nitrogens with one attached hydrogen (secondary N) is 1. The van der Waals surface area contributed by atoms with Gasteiger partial charge in [-0.15, -0.1) is 23.1 Å². The van der Waals surface area contributed by atoms with Crippen molar-refractivity contribution in [3.05, 3.63) is 45.7 Å². The monoisotopic (exact) mass is 627 g/mol. The minimum atomic E-state index is -1.24. The highest BCUT2D eigenvalue weighted by Gasteiger charge is 2.54. The fourth-order valence-electron chi connectivity index (χ4n) is 3.73. The number of pyridine rings is 1. The molecular weight excluding hydrogens is 602 g/mol. The van der Waals surface area contributed by atoms with Gasteiger partial charge in [0.15, 0.2) is 10.8 Å². The second kappa shape index (κ2) is 13.7. The first kappa shape index (κ1) is 30.1. The molecule has 0 saturated carbocycles. The second-order valence-corrected chi connectivity index (χ2v) is 12.7. The molecule has 4 rings (SSSR count). The molecule has 40 heavy (non-hydrogen) atoms. The Hall–Kier alpha value is -2.86. The number of oxime groups is 1. The SMILES string of the molecule is CC(N)CSCc1cnccc1SC1=C(C(=O)O)N2C(=O)[C@@H](NC(=O)/C(=N\OCCF)c3csc(N)n3)[C@H]2SC1. The Kier molecular flexibility index (Phi) is 10.3. The summed E-state index contributed by atoms with van der Waals surface area (Å²) in [7, 11) is 0. The molecule has 2 aliphatic heterocycles. The average molecular weight is 628 g/mol. The maximum absolute atomic E-state index is 13.2. The van der Waals surface area contributed by atoms with Gasteiger partial charge < -0.3 is 26.7 Å². The molecule has 2 aromatic rings. The highest BCUT2D eigenvalue weighted by Crippen LogP contribution is 2.45. The first-order chi connectivity index (χ1) is 19.2. The van der Waals surface area contributed by atoms with Gasteiger partial charge in [-0.1, -0.05) is 16.9 Å². The number of aromatic nitrogens is 2. The molecular formula is C23H26FN7O5S4. The smallest absolute Gasteiger partial charge is 0.353 e. The highest BCUT2D eigenvalue weighted by atomic mass is 32.2.